The van der Waals surface area contributed by atoms with Crippen LogP contribution in [0.5, 0.6) is 11.5 Å². The molecule has 0 radical (unpaired) electrons. The van der Waals surface area contributed by atoms with Crippen molar-refractivity contribution in [2.45, 2.75) is 13.0 Å². The highest BCUT2D eigenvalue weighted by molar-refractivity contribution is 6.51. The molecular weight excluding hydrogens is 465 g/mol. The van der Waals surface area contributed by atoms with Gasteiger partial charge in [-0.1, -0.05) is 47.5 Å². The van der Waals surface area contributed by atoms with Crippen LogP contribution in [0, 0.1) is 0 Å². The van der Waals surface area contributed by atoms with E-state index in [1.165, 1.54) is 29.2 Å². The molecule has 3 aromatic rings. The standard InChI is InChI=1S/C25H19Cl2NO5/c1-2-33-20-13-15(8-10-17(20)26)23(30)21-22(14-9-11-19(29)18(27)12-14)28(25(32)24(21)31)16-6-4-3-5-7-16/h3-13,22,29-30H,2H2,1H3/b23-21-. The summed E-state index contributed by atoms with van der Waals surface area (Å²) in [7, 11) is 0. The van der Waals surface area contributed by atoms with Gasteiger partial charge in [-0.15, -0.1) is 0 Å². The molecule has 1 heterocycles. The summed E-state index contributed by atoms with van der Waals surface area (Å²) in [4.78, 5) is 27.6. The molecule has 1 aliphatic rings. The lowest BCUT2D eigenvalue weighted by Crippen LogP contribution is -2.29. The van der Waals surface area contributed by atoms with E-state index in [1.54, 1.807) is 49.4 Å². The number of aliphatic hydroxyl groups is 1. The molecule has 0 spiro atoms. The van der Waals surface area contributed by atoms with Crippen LogP contribution in [-0.2, 0) is 9.59 Å². The van der Waals surface area contributed by atoms with Crippen LogP contribution < -0.4 is 9.64 Å². The zero-order valence-corrected chi connectivity index (χ0v) is 19.0. The van der Waals surface area contributed by atoms with Gasteiger partial charge in [-0.05, 0) is 55.0 Å². The molecule has 33 heavy (non-hydrogen) atoms. The van der Waals surface area contributed by atoms with Crippen LogP contribution in [0.15, 0.2) is 72.3 Å². The number of ketones is 1. The first-order valence-electron chi connectivity index (χ1n) is 10.1. The van der Waals surface area contributed by atoms with Crippen molar-refractivity contribution in [1.29, 1.82) is 0 Å². The number of aliphatic hydroxyl groups excluding tert-OH is 1. The van der Waals surface area contributed by atoms with Crippen LogP contribution in [0.1, 0.15) is 24.1 Å². The molecule has 8 heteroatoms. The molecule has 2 N–H and O–H groups in total. The highest BCUT2D eigenvalue weighted by Crippen LogP contribution is 2.44. The SMILES string of the molecule is CCOc1cc(/C(O)=C2/C(=O)C(=O)N(c3ccccc3)C2c2ccc(O)c(Cl)c2)ccc1Cl. The van der Waals surface area contributed by atoms with Crippen LogP contribution in [0.4, 0.5) is 5.69 Å². The van der Waals surface area contributed by atoms with Gasteiger partial charge in [-0.2, -0.15) is 0 Å². The Kier molecular flexibility index (Phi) is 6.31. The quantitative estimate of drug-likeness (QED) is 0.275. The van der Waals surface area contributed by atoms with Crippen LogP contribution in [0.3, 0.4) is 0 Å². The zero-order chi connectivity index (χ0) is 23.7. The van der Waals surface area contributed by atoms with Crippen molar-refractivity contribution >= 4 is 46.3 Å². The number of para-hydroxylation sites is 1. The Morgan fingerprint density at radius 2 is 1.73 bits per heavy atom. The fraction of sp³-hybridized carbons (Fsp3) is 0.120. The second-order valence-corrected chi connectivity index (χ2v) is 8.11. The van der Waals surface area contributed by atoms with Gasteiger partial charge in [0.1, 0.15) is 17.3 Å². The average molecular weight is 484 g/mol. The number of halogens is 2. The first-order valence-corrected chi connectivity index (χ1v) is 10.9. The van der Waals surface area contributed by atoms with Crippen LogP contribution in [-0.4, -0.2) is 28.5 Å². The molecule has 6 nitrogen and oxygen atoms in total. The lowest BCUT2D eigenvalue weighted by Gasteiger charge is -2.25. The molecular formula is C25H19Cl2NO5. The Balaban J connectivity index is 1.95. The molecule has 0 saturated carbocycles. The molecule has 1 aliphatic heterocycles. The molecule has 3 aromatic carbocycles. The Hall–Kier alpha value is -3.48. The summed E-state index contributed by atoms with van der Waals surface area (Å²) in [6, 6.07) is 16.6. The van der Waals surface area contributed by atoms with Crippen molar-refractivity contribution in [2.75, 3.05) is 11.5 Å². The van der Waals surface area contributed by atoms with Gasteiger partial charge in [0.25, 0.3) is 11.7 Å². The topological polar surface area (TPSA) is 87.1 Å². The van der Waals surface area contributed by atoms with Crippen LogP contribution in [0.25, 0.3) is 5.76 Å². The zero-order valence-electron chi connectivity index (χ0n) is 17.5. The monoisotopic (exact) mass is 483 g/mol. The fourth-order valence-corrected chi connectivity index (χ4v) is 4.13. The number of hydrogen-bond donors (Lipinski definition) is 2. The number of carbonyl (C=O) groups excluding carboxylic acids is 2. The molecule has 1 unspecified atom stereocenters. The Labute approximate surface area is 200 Å². The average Bonchev–Trinajstić information content (AvgIpc) is 3.08. The second-order valence-electron chi connectivity index (χ2n) is 7.29. The van der Waals surface area contributed by atoms with Gasteiger partial charge in [-0.25, -0.2) is 0 Å². The van der Waals surface area contributed by atoms with Gasteiger partial charge in [0.2, 0.25) is 0 Å². The number of rotatable bonds is 5. The van der Waals surface area contributed by atoms with E-state index in [2.05, 4.69) is 0 Å². The molecule has 0 aromatic heterocycles. The molecule has 1 saturated heterocycles. The van der Waals surface area contributed by atoms with E-state index in [-0.39, 0.29) is 27.7 Å². The third-order valence-corrected chi connectivity index (χ3v) is 5.89. The number of amides is 1. The number of anilines is 1. The van der Waals surface area contributed by atoms with E-state index in [1.807, 2.05) is 0 Å². The van der Waals surface area contributed by atoms with Crippen LogP contribution in [0.2, 0.25) is 10.0 Å². The Bertz CT molecular complexity index is 1270. The van der Waals surface area contributed by atoms with Gasteiger partial charge in [0.15, 0.2) is 0 Å². The van der Waals surface area contributed by atoms with Gasteiger partial charge in [-0.3, -0.25) is 14.5 Å². The van der Waals surface area contributed by atoms with E-state index >= 15 is 0 Å². The predicted molar refractivity (Wildman–Crippen MR) is 127 cm³/mol. The van der Waals surface area contributed by atoms with Crippen LogP contribution >= 0.6 is 23.2 Å². The number of benzene rings is 3. The molecule has 4 rings (SSSR count). The number of phenols is 1. The minimum atomic E-state index is -0.975. The molecule has 1 amide bonds. The van der Waals surface area contributed by atoms with E-state index in [0.29, 0.717) is 28.6 Å². The van der Waals surface area contributed by atoms with E-state index in [0.717, 1.165) is 0 Å². The number of ether oxygens (including phenoxy) is 1. The largest absolute Gasteiger partial charge is 0.507 e. The Morgan fingerprint density at radius 3 is 2.39 bits per heavy atom. The molecule has 168 valence electrons. The number of carbonyl (C=O) groups is 2. The summed E-state index contributed by atoms with van der Waals surface area (Å²) >= 11 is 12.3. The first-order chi connectivity index (χ1) is 15.8. The fourth-order valence-electron chi connectivity index (χ4n) is 3.77. The summed E-state index contributed by atoms with van der Waals surface area (Å²) in [6.45, 7) is 2.15. The Morgan fingerprint density at radius 1 is 1.00 bits per heavy atom. The predicted octanol–water partition coefficient (Wildman–Crippen LogP) is 5.72. The minimum Gasteiger partial charge on any atom is -0.507 e. The first kappa shape index (κ1) is 22.7. The lowest BCUT2D eigenvalue weighted by molar-refractivity contribution is -0.132. The van der Waals surface area contributed by atoms with Crippen molar-refractivity contribution in [3.05, 3.63) is 93.5 Å². The molecule has 0 aliphatic carbocycles. The summed E-state index contributed by atoms with van der Waals surface area (Å²) in [5.74, 6) is -1.83. The van der Waals surface area contributed by atoms with Crippen molar-refractivity contribution in [3.8, 4) is 11.5 Å². The van der Waals surface area contributed by atoms with E-state index < -0.39 is 17.7 Å². The van der Waals surface area contributed by atoms with E-state index in [4.69, 9.17) is 27.9 Å². The number of Topliss-reactive ketones (excluding diaryl/α,β-unsaturated/α-hetero) is 1. The van der Waals surface area contributed by atoms with Crippen molar-refractivity contribution < 1.29 is 24.5 Å². The smallest absolute Gasteiger partial charge is 0.300 e. The van der Waals surface area contributed by atoms with Gasteiger partial charge in [0.05, 0.1) is 28.3 Å². The maximum absolute atomic E-state index is 13.2. The van der Waals surface area contributed by atoms with Gasteiger partial charge in [0, 0.05) is 11.3 Å². The third kappa shape index (κ3) is 4.15. The summed E-state index contributed by atoms with van der Waals surface area (Å²) in [5.41, 5.74) is 1.07. The van der Waals surface area contributed by atoms with Crippen molar-refractivity contribution in [1.82, 2.24) is 0 Å². The van der Waals surface area contributed by atoms with Gasteiger partial charge >= 0.3 is 0 Å². The minimum absolute atomic E-state index is 0.0521. The number of aromatic hydroxyl groups is 1. The van der Waals surface area contributed by atoms with E-state index in [9.17, 15) is 19.8 Å². The normalized spacial score (nSPS) is 17.4. The summed E-state index contributed by atoms with van der Waals surface area (Å²) < 4.78 is 5.50. The summed E-state index contributed by atoms with van der Waals surface area (Å²) in [6.07, 6.45) is 0. The number of phenolic OH excluding ortho intramolecular Hbond substituents is 1. The highest BCUT2D eigenvalue weighted by Gasteiger charge is 2.47. The second kappa shape index (κ2) is 9.17. The number of hydrogen-bond acceptors (Lipinski definition) is 5. The van der Waals surface area contributed by atoms with Gasteiger partial charge < -0.3 is 14.9 Å². The highest BCUT2D eigenvalue weighted by atomic mass is 35.5. The third-order valence-electron chi connectivity index (χ3n) is 5.27. The molecule has 0 bridgehead atoms. The summed E-state index contributed by atoms with van der Waals surface area (Å²) in [5, 5.41) is 21.5. The molecule has 1 atom stereocenters. The molecule has 1 fully saturated rings. The number of nitrogens with zero attached hydrogens (tertiary/aromatic N) is 1. The maximum atomic E-state index is 13.2. The lowest BCUT2D eigenvalue weighted by atomic mass is 9.95. The van der Waals surface area contributed by atoms with Crippen molar-refractivity contribution in [3.63, 3.8) is 0 Å². The maximum Gasteiger partial charge on any atom is 0.300 e. The van der Waals surface area contributed by atoms with Crippen molar-refractivity contribution in [2.24, 2.45) is 0 Å².